The Morgan fingerprint density at radius 1 is 1.11 bits per heavy atom. The maximum Gasteiger partial charge on any atom is 0.165 e. The quantitative estimate of drug-likeness (QED) is 0.759. The van der Waals surface area contributed by atoms with Crippen molar-refractivity contribution < 1.29 is 0 Å². The van der Waals surface area contributed by atoms with Gasteiger partial charge in [0.15, 0.2) is 11.5 Å². The summed E-state index contributed by atoms with van der Waals surface area (Å²) in [6, 6.07) is 6.44. The van der Waals surface area contributed by atoms with Gasteiger partial charge in [0.25, 0.3) is 0 Å². The molecule has 3 rings (SSSR count). The molecular weight excluding hydrogens is 238 g/mol. The van der Waals surface area contributed by atoms with Crippen LogP contribution in [0.1, 0.15) is 16.7 Å². The van der Waals surface area contributed by atoms with Crippen molar-refractivity contribution in [2.24, 2.45) is 0 Å². The minimum Gasteiger partial charge on any atom is -0.382 e. The molecule has 19 heavy (non-hydrogen) atoms. The predicted molar refractivity (Wildman–Crippen MR) is 74.8 cm³/mol. The number of anilines is 1. The molecule has 0 aliphatic rings. The van der Waals surface area contributed by atoms with Crippen LogP contribution in [0.4, 0.5) is 5.82 Å². The molecule has 1 aromatic carbocycles. The number of aromatic nitrogens is 4. The minimum atomic E-state index is 0.420. The van der Waals surface area contributed by atoms with E-state index < -0.39 is 0 Å². The van der Waals surface area contributed by atoms with E-state index in [1.165, 1.54) is 23.0 Å². The average molecular weight is 253 g/mol. The second kappa shape index (κ2) is 4.35. The number of nitrogens with zero attached hydrogens (tertiary/aromatic N) is 4. The SMILES string of the molecule is Cc1ccc(Cn2cnc3c(N)ncnc32)cc1C. The van der Waals surface area contributed by atoms with E-state index in [1.54, 1.807) is 6.33 Å². The molecule has 2 heterocycles. The Balaban J connectivity index is 2.01. The summed E-state index contributed by atoms with van der Waals surface area (Å²) >= 11 is 0. The van der Waals surface area contributed by atoms with Crippen molar-refractivity contribution in [3.05, 3.63) is 47.5 Å². The first kappa shape index (κ1) is 11.6. The Morgan fingerprint density at radius 3 is 2.74 bits per heavy atom. The smallest absolute Gasteiger partial charge is 0.165 e. The molecule has 0 aliphatic heterocycles. The standard InChI is InChI=1S/C14H15N5/c1-9-3-4-11(5-10(9)2)6-19-8-18-12-13(15)16-7-17-14(12)19/h3-5,7-8H,6H2,1-2H3,(H2,15,16,17). The lowest BCUT2D eigenvalue weighted by atomic mass is 10.1. The highest BCUT2D eigenvalue weighted by molar-refractivity contribution is 5.81. The number of nitrogens with two attached hydrogens (primary N) is 1. The molecular formula is C14H15N5. The van der Waals surface area contributed by atoms with Crippen molar-refractivity contribution in [2.45, 2.75) is 20.4 Å². The number of nitrogen functional groups attached to an aromatic ring is 1. The number of aryl methyl sites for hydroxylation is 2. The van der Waals surface area contributed by atoms with Crippen LogP contribution in [0.5, 0.6) is 0 Å². The van der Waals surface area contributed by atoms with E-state index in [0.717, 1.165) is 12.2 Å². The first-order chi connectivity index (χ1) is 9.15. The fraction of sp³-hybridized carbons (Fsp3) is 0.214. The molecule has 0 unspecified atom stereocenters. The monoisotopic (exact) mass is 253 g/mol. The third-order valence-corrected chi connectivity index (χ3v) is 3.35. The molecule has 0 atom stereocenters. The minimum absolute atomic E-state index is 0.420. The van der Waals surface area contributed by atoms with Gasteiger partial charge in [-0.05, 0) is 30.5 Å². The van der Waals surface area contributed by atoms with E-state index in [0.29, 0.717) is 11.3 Å². The van der Waals surface area contributed by atoms with Crippen LogP contribution in [0.25, 0.3) is 11.2 Å². The third-order valence-electron chi connectivity index (χ3n) is 3.35. The van der Waals surface area contributed by atoms with Crippen molar-refractivity contribution in [1.82, 2.24) is 19.5 Å². The lowest BCUT2D eigenvalue weighted by Gasteiger charge is -2.07. The molecule has 3 aromatic rings. The summed E-state index contributed by atoms with van der Waals surface area (Å²) in [6.07, 6.45) is 3.22. The summed E-state index contributed by atoms with van der Waals surface area (Å²) in [4.78, 5) is 12.5. The highest BCUT2D eigenvalue weighted by Gasteiger charge is 2.08. The van der Waals surface area contributed by atoms with Gasteiger partial charge in [-0.25, -0.2) is 15.0 Å². The summed E-state index contributed by atoms with van der Waals surface area (Å²) in [5.74, 6) is 0.420. The zero-order valence-electron chi connectivity index (χ0n) is 11.0. The van der Waals surface area contributed by atoms with E-state index >= 15 is 0 Å². The summed E-state index contributed by atoms with van der Waals surface area (Å²) in [5, 5.41) is 0. The van der Waals surface area contributed by atoms with Gasteiger partial charge in [-0.1, -0.05) is 18.2 Å². The van der Waals surface area contributed by atoms with E-state index in [-0.39, 0.29) is 0 Å². The largest absolute Gasteiger partial charge is 0.382 e. The van der Waals surface area contributed by atoms with Crippen molar-refractivity contribution in [3.8, 4) is 0 Å². The van der Waals surface area contributed by atoms with Crippen LogP contribution in [0.15, 0.2) is 30.9 Å². The fourth-order valence-corrected chi connectivity index (χ4v) is 2.11. The molecule has 0 saturated carbocycles. The number of hydrogen-bond donors (Lipinski definition) is 1. The zero-order valence-corrected chi connectivity index (χ0v) is 11.0. The third kappa shape index (κ3) is 2.03. The number of rotatable bonds is 2. The zero-order chi connectivity index (χ0) is 13.4. The van der Waals surface area contributed by atoms with Crippen LogP contribution in [0, 0.1) is 13.8 Å². The van der Waals surface area contributed by atoms with Crippen LogP contribution in [0.3, 0.4) is 0 Å². The summed E-state index contributed by atoms with van der Waals surface area (Å²) in [6.45, 7) is 4.96. The van der Waals surface area contributed by atoms with E-state index in [9.17, 15) is 0 Å². The normalized spacial score (nSPS) is 11.1. The van der Waals surface area contributed by atoms with Crippen molar-refractivity contribution in [3.63, 3.8) is 0 Å². The molecule has 0 spiro atoms. The summed E-state index contributed by atoms with van der Waals surface area (Å²) in [7, 11) is 0. The molecule has 0 amide bonds. The Hall–Kier alpha value is -2.43. The lowest BCUT2D eigenvalue weighted by molar-refractivity contribution is 0.812. The van der Waals surface area contributed by atoms with Crippen LogP contribution in [0.2, 0.25) is 0 Å². The Morgan fingerprint density at radius 2 is 1.95 bits per heavy atom. The maximum absolute atomic E-state index is 5.78. The first-order valence-corrected chi connectivity index (χ1v) is 6.12. The van der Waals surface area contributed by atoms with Crippen LogP contribution < -0.4 is 5.73 Å². The average Bonchev–Trinajstić information content (AvgIpc) is 2.79. The lowest BCUT2D eigenvalue weighted by Crippen LogP contribution is -2.01. The first-order valence-electron chi connectivity index (χ1n) is 6.12. The molecule has 0 aliphatic carbocycles. The topological polar surface area (TPSA) is 69.6 Å². The summed E-state index contributed by atoms with van der Waals surface area (Å²) < 4.78 is 1.98. The molecule has 5 heteroatoms. The van der Waals surface area contributed by atoms with Crippen molar-refractivity contribution in [1.29, 1.82) is 0 Å². The Kier molecular flexibility index (Phi) is 2.67. The summed E-state index contributed by atoms with van der Waals surface area (Å²) in [5.41, 5.74) is 11.0. The van der Waals surface area contributed by atoms with E-state index in [2.05, 4.69) is 47.0 Å². The number of fused-ring (bicyclic) bond motifs is 1. The highest BCUT2D eigenvalue weighted by atomic mass is 15.1. The molecule has 0 radical (unpaired) electrons. The number of hydrogen-bond acceptors (Lipinski definition) is 4. The van der Waals surface area contributed by atoms with Crippen molar-refractivity contribution >= 4 is 17.0 Å². The van der Waals surface area contributed by atoms with Gasteiger partial charge in [0.05, 0.1) is 12.9 Å². The van der Waals surface area contributed by atoms with Gasteiger partial charge in [0, 0.05) is 0 Å². The Labute approximate surface area is 111 Å². The fourth-order valence-electron chi connectivity index (χ4n) is 2.11. The molecule has 0 bridgehead atoms. The molecule has 96 valence electrons. The van der Waals surface area contributed by atoms with Crippen LogP contribution >= 0.6 is 0 Å². The molecule has 0 saturated heterocycles. The van der Waals surface area contributed by atoms with Crippen LogP contribution in [-0.4, -0.2) is 19.5 Å². The van der Waals surface area contributed by atoms with Gasteiger partial charge in [0.1, 0.15) is 11.8 Å². The molecule has 2 N–H and O–H groups in total. The van der Waals surface area contributed by atoms with Gasteiger partial charge in [0.2, 0.25) is 0 Å². The molecule has 0 fully saturated rings. The second-order valence-corrected chi connectivity index (χ2v) is 4.72. The van der Waals surface area contributed by atoms with Crippen LogP contribution in [-0.2, 0) is 6.54 Å². The Bertz CT molecular complexity index is 745. The highest BCUT2D eigenvalue weighted by Crippen LogP contribution is 2.17. The van der Waals surface area contributed by atoms with Gasteiger partial charge < -0.3 is 10.3 Å². The van der Waals surface area contributed by atoms with Gasteiger partial charge in [-0.2, -0.15) is 0 Å². The maximum atomic E-state index is 5.78. The van der Waals surface area contributed by atoms with E-state index in [1.807, 2.05) is 4.57 Å². The van der Waals surface area contributed by atoms with Gasteiger partial charge >= 0.3 is 0 Å². The van der Waals surface area contributed by atoms with Gasteiger partial charge in [-0.3, -0.25) is 0 Å². The second-order valence-electron chi connectivity index (χ2n) is 4.72. The molecule has 2 aromatic heterocycles. The van der Waals surface area contributed by atoms with Crippen molar-refractivity contribution in [2.75, 3.05) is 5.73 Å². The number of imidazole rings is 1. The predicted octanol–water partition coefficient (Wildman–Crippen LogP) is 2.07. The van der Waals surface area contributed by atoms with E-state index in [4.69, 9.17) is 5.73 Å². The van der Waals surface area contributed by atoms with Gasteiger partial charge in [-0.15, -0.1) is 0 Å². The number of benzene rings is 1. The molecule has 5 nitrogen and oxygen atoms in total.